The number of nitrogens with one attached hydrogen (secondary N) is 1. The van der Waals surface area contributed by atoms with E-state index in [1.165, 1.54) is 0 Å². The van der Waals surface area contributed by atoms with Crippen LogP contribution in [0, 0.1) is 10.1 Å². The van der Waals surface area contributed by atoms with Crippen LogP contribution in [0.4, 0.5) is 5.69 Å². The number of hydrogen-bond donors (Lipinski definition) is 2. The predicted molar refractivity (Wildman–Crippen MR) is 57.0 cm³/mol. The van der Waals surface area contributed by atoms with Crippen molar-refractivity contribution in [2.75, 3.05) is 0 Å². The largest absolute Gasteiger partial charge is 0.476 e. The third-order valence-corrected chi connectivity index (χ3v) is 2.39. The van der Waals surface area contributed by atoms with Crippen LogP contribution in [0.2, 0.25) is 0 Å². The van der Waals surface area contributed by atoms with Crippen LogP contribution in [-0.2, 0) is 11.3 Å². The maximum absolute atomic E-state index is 11.4. The van der Waals surface area contributed by atoms with Gasteiger partial charge in [-0.2, -0.15) is 5.10 Å². The van der Waals surface area contributed by atoms with Crippen molar-refractivity contribution in [1.29, 1.82) is 0 Å². The Balaban J connectivity index is 2.12. The van der Waals surface area contributed by atoms with Gasteiger partial charge in [-0.3, -0.25) is 19.6 Å². The third-order valence-electron chi connectivity index (χ3n) is 2.39. The first-order chi connectivity index (χ1) is 8.47. The number of carboxylic acids is 1. The Hall–Kier alpha value is -2.45. The van der Waals surface area contributed by atoms with Gasteiger partial charge in [-0.15, -0.1) is 0 Å². The molecule has 1 fully saturated rings. The van der Waals surface area contributed by atoms with E-state index in [1.54, 1.807) is 0 Å². The van der Waals surface area contributed by atoms with Gasteiger partial charge >= 0.3 is 11.7 Å². The van der Waals surface area contributed by atoms with E-state index >= 15 is 0 Å². The highest BCUT2D eigenvalue weighted by Gasteiger charge is 2.27. The van der Waals surface area contributed by atoms with Gasteiger partial charge in [0.1, 0.15) is 12.7 Å². The lowest BCUT2D eigenvalue weighted by atomic mass is 10.4. The zero-order chi connectivity index (χ0) is 13.3. The van der Waals surface area contributed by atoms with Crippen LogP contribution in [-0.4, -0.2) is 37.7 Å². The number of hydrogen-bond acceptors (Lipinski definition) is 5. The molecule has 0 saturated heterocycles. The van der Waals surface area contributed by atoms with Crippen LogP contribution in [0.5, 0.6) is 0 Å². The van der Waals surface area contributed by atoms with E-state index in [0.717, 1.165) is 23.7 Å². The molecule has 9 nitrogen and oxygen atoms in total. The summed E-state index contributed by atoms with van der Waals surface area (Å²) in [6.45, 7) is -0.232. The topological polar surface area (TPSA) is 127 Å². The molecule has 2 rings (SSSR count). The standard InChI is InChI=1S/C9H10N4O5/c14-7(10-5-1-2-5)4-12-3-6(13(17)18)8(11-12)9(15)16/h3,5H,1-2,4H2,(H,10,14)(H,15,16). The van der Waals surface area contributed by atoms with E-state index in [4.69, 9.17) is 5.11 Å². The van der Waals surface area contributed by atoms with Crippen molar-refractivity contribution in [2.24, 2.45) is 0 Å². The number of aromatic carboxylic acids is 1. The molecule has 9 heteroatoms. The quantitative estimate of drug-likeness (QED) is 0.551. The Morgan fingerprint density at radius 2 is 2.28 bits per heavy atom. The predicted octanol–water partition coefficient (Wildman–Crippen LogP) is -0.232. The first-order valence-corrected chi connectivity index (χ1v) is 5.22. The zero-order valence-corrected chi connectivity index (χ0v) is 9.20. The Bertz CT molecular complexity index is 488. The van der Waals surface area contributed by atoms with E-state index in [-0.39, 0.29) is 18.5 Å². The number of rotatable bonds is 5. The van der Waals surface area contributed by atoms with Gasteiger partial charge in [0.15, 0.2) is 0 Å². The summed E-state index contributed by atoms with van der Waals surface area (Å²) in [5.41, 5.74) is -1.29. The van der Waals surface area contributed by atoms with Gasteiger partial charge in [0.25, 0.3) is 0 Å². The molecule has 0 bridgehead atoms. The fourth-order valence-electron chi connectivity index (χ4n) is 1.43. The SMILES string of the molecule is O=C(Cn1cc([N+](=O)[O-])c(C(=O)O)n1)NC1CC1. The van der Waals surface area contributed by atoms with Gasteiger partial charge in [0.05, 0.1) is 4.92 Å². The molecule has 1 aliphatic rings. The summed E-state index contributed by atoms with van der Waals surface area (Å²) >= 11 is 0. The Morgan fingerprint density at radius 3 is 2.72 bits per heavy atom. The van der Waals surface area contributed by atoms with Gasteiger partial charge in [0.2, 0.25) is 11.6 Å². The summed E-state index contributed by atoms with van der Waals surface area (Å²) in [5, 5.41) is 25.5. The Labute approximate surface area is 101 Å². The van der Waals surface area contributed by atoms with Crippen molar-refractivity contribution in [3.63, 3.8) is 0 Å². The summed E-state index contributed by atoms with van der Waals surface area (Å²) < 4.78 is 0.958. The number of nitrogens with zero attached hydrogens (tertiary/aromatic N) is 3. The van der Waals surface area contributed by atoms with E-state index in [2.05, 4.69) is 10.4 Å². The Kier molecular flexibility index (Phi) is 2.96. The van der Waals surface area contributed by atoms with Crippen LogP contribution >= 0.6 is 0 Å². The van der Waals surface area contributed by atoms with Gasteiger partial charge < -0.3 is 10.4 Å². The lowest BCUT2D eigenvalue weighted by Crippen LogP contribution is -2.29. The van der Waals surface area contributed by atoms with Crippen LogP contribution in [0.1, 0.15) is 23.3 Å². The lowest BCUT2D eigenvalue weighted by molar-refractivity contribution is -0.385. The van der Waals surface area contributed by atoms with Crippen molar-refractivity contribution < 1.29 is 19.6 Å². The monoisotopic (exact) mass is 254 g/mol. The molecular weight excluding hydrogens is 244 g/mol. The number of amides is 1. The average Bonchev–Trinajstić information content (AvgIpc) is 2.94. The molecule has 2 N–H and O–H groups in total. The van der Waals surface area contributed by atoms with Gasteiger partial charge in [-0.05, 0) is 12.8 Å². The molecule has 0 atom stereocenters. The van der Waals surface area contributed by atoms with Crippen molar-refractivity contribution in [3.05, 3.63) is 22.0 Å². The van der Waals surface area contributed by atoms with E-state index in [1.807, 2.05) is 0 Å². The normalized spacial score (nSPS) is 14.2. The second-order valence-corrected chi connectivity index (χ2v) is 3.96. The molecule has 1 aromatic heterocycles. The molecule has 0 aromatic carbocycles. The molecule has 0 spiro atoms. The number of nitro groups is 1. The molecule has 1 saturated carbocycles. The van der Waals surface area contributed by atoms with Crippen molar-refractivity contribution in [2.45, 2.75) is 25.4 Å². The molecular formula is C9H10N4O5. The van der Waals surface area contributed by atoms with Gasteiger partial charge in [-0.25, -0.2) is 4.79 Å². The maximum Gasteiger partial charge on any atom is 0.363 e. The van der Waals surface area contributed by atoms with Crippen molar-refractivity contribution >= 4 is 17.6 Å². The number of carboxylic acid groups (broad SMARTS) is 1. The second-order valence-electron chi connectivity index (χ2n) is 3.96. The number of aromatic nitrogens is 2. The first kappa shape index (κ1) is 12.0. The van der Waals surface area contributed by atoms with E-state index in [9.17, 15) is 19.7 Å². The zero-order valence-electron chi connectivity index (χ0n) is 9.20. The summed E-state index contributed by atoms with van der Waals surface area (Å²) in [5.74, 6) is -1.84. The average molecular weight is 254 g/mol. The van der Waals surface area contributed by atoms with Crippen molar-refractivity contribution in [1.82, 2.24) is 15.1 Å². The summed E-state index contributed by atoms with van der Waals surface area (Å²) in [6, 6.07) is 0.169. The van der Waals surface area contributed by atoms with Crippen LogP contribution in [0.15, 0.2) is 6.20 Å². The maximum atomic E-state index is 11.4. The molecule has 1 aliphatic carbocycles. The summed E-state index contributed by atoms with van der Waals surface area (Å²) in [7, 11) is 0. The number of carbonyl (C=O) groups is 2. The van der Waals surface area contributed by atoms with Gasteiger partial charge in [-0.1, -0.05) is 0 Å². The first-order valence-electron chi connectivity index (χ1n) is 5.22. The molecule has 0 unspecified atom stereocenters. The molecule has 1 amide bonds. The second kappa shape index (κ2) is 4.43. The van der Waals surface area contributed by atoms with E-state index in [0.29, 0.717) is 0 Å². The van der Waals surface area contributed by atoms with E-state index < -0.39 is 22.3 Å². The summed E-state index contributed by atoms with van der Waals surface area (Å²) in [6.07, 6.45) is 2.78. The van der Waals surface area contributed by atoms with Crippen LogP contribution < -0.4 is 5.32 Å². The highest BCUT2D eigenvalue weighted by Crippen LogP contribution is 2.19. The Morgan fingerprint density at radius 1 is 1.61 bits per heavy atom. The highest BCUT2D eigenvalue weighted by atomic mass is 16.6. The molecule has 1 heterocycles. The highest BCUT2D eigenvalue weighted by molar-refractivity contribution is 5.90. The molecule has 18 heavy (non-hydrogen) atoms. The fraction of sp³-hybridized carbons (Fsp3) is 0.444. The van der Waals surface area contributed by atoms with Crippen LogP contribution in [0.3, 0.4) is 0 Å². The van der Waals surface area contributed by atoms with Crippen molar-refractivity contribution in [3.8, 4) is 0 Å². The molecule has 96 valence electrons. The van der Waals surface area contributed by atoms with Gasteiger partial charge in [0, 0.05) is 6.04 Å². The fourth-order valence-corrected chi connectivity index (χ4v) is 1.43. The molecule has 0 radical (unpaired) electrons. The smallest absolute Gasteiger partial charge is 0.363 e. The molecule has 1 aromatic rings. The lowest BCUT2D eigenvalue weighted by Gasteiger charge is -2.01. The third kappa shape index (κ3) is 2.62. The minimum absolute atomic E-state index is 0.169. The minimum atomic E-state index is -1.50. The van der Waals surface area contributed by atoms with Crippen LogP contribution in [0.25, 0.3) is 0 Å². The number of carbonyl (C=O) groups excluding carboxylic acids is 1. The minimum Gasteiger partial charge on any atom is -0.476 e. The molecule has 0 aliphatic heterocycles. The summed E-state index contributed by atoms with van der Waals surface area (Å²) in [4.78, 5) is 31.9.